The van der Waals surface area contributed by atoms with Crippen molar-refractivity contribution in [3.05, 3.63) is 41.2 Å². The monoisotopic (exact) mass is 205 g/mol. The number of thiocarbonyl (C=S) groups is 1. The first kappa shape index (κ1) is 8.90. The SMILES string of the molecule is NC1=C(O)C(=O)C(=S)c2ccccc21. The van der Waals surface area contributed by atoms with Crippen molar-refractivity contribution in [1.82, 2.24) is 0 Å². The average molecular weight is 205 g/mol. The molecule has 0 radical (unpaired) electrons. The molecule has 70 valence electrons. The molecule has 4 heteroatoms. The Bertz CT molecular complexity index is 477. The molecule has 0 bridgehead atoms. The number of benzene rings is 1. The van der Waals surface area contributed by atoms with Gasteiger partial charge in [-0.2, -0.15) is 0 Å². The molecule has 0 aliphatic heterocycles. The summed E-state index contributed by atoms with van der Waals surface area (Å²) in [5, 5.41) is 9.38. The first-order valence-corrected chi connectivity index (χ1v) is 4.41. The van der Waals surface area contributed by atoms with Crippen LogP contribution >= 0.6 is 12.2 Å². The molecule has 0 unspecified atom stereocenters. The molecule has 0 aromatic heterocycles. The Labute approximate surface area is 85.9 Å². The molecule has 0 atom stereocenters. The van der Waals surface area contributed by atoms with Crippen LogP contribution in [0.1, 0.15) is 11.1 Å². The van der Waals surface area contributed by atoms with Crippen molar-refractivity contribution in [1.29, 1.82) is 0 Å². The quantitative estimate of drug-likeness (QED) is 0.624. The van der Waals surface area contributed by atoms with E-state index in [0.29, 0.717) is 11.1 Å². The molecule has 2 rings (SSSR count). The summed E-state index contributed by atoms with van der Waals surface area (Å²) in [5.74, 6) is -1.02. The lowest BCUT2D eigenvalue weighted by Gasteiger charge is -2.16. The van der Waals surface area contributed by atoms with Gasteiger partial charge in [0.1, 0.15) is 0 Å². The summed E-state index contributed by atoms with van der Waals surface area (Å²) in [6.07, 6.45) is 0. The van der Waals surface area contributed by atoms with Gasteiger partial charge >= 0.3 is 0 Å². The molecule has 1 aromatic rings. The van der Waals surface area contributed by atoms with Gasteiger partial charge in [-0.15, -0.1) is 0 Å². The van der Waals surface area contributed by atoms with Crippen molar-refractivity contribution in [2.45, 2.75) is 0 Å². The highest BCUT2D eigenvalue weighted by atomic mass is 32.1. The molecule has 0 heterocycles. The Balaban J connectivity index is 2.78. The number of ketones is 1. The maximum Gasteiger partial charge on any atom is 0.240 e. The minimum absolute atomic E-state index is 0.0965. The largest absolute Gasteiger partial charge is 0.503 e. The van der Waals surface area contributed by atoms with E-state index >= 15 is 0 Å². The standard InChI is InChI=1S/C10H7NO2S/c11-7-5-3-1-2-4-6(5)10(14)9(13)8(7)12/h1-4,12H,11H2. The third-order valence-electron chi connectivity index (χ3n) is 2.14. The van der Waals surface area contributed by atoms with Crippen LogP contribution < -0.4 is 5.73 Å². The average Bonchev–Trinajstić information content (AvgIpc) is 2.23. The number of carbonyl (C=O) groups is 1. The molecule has 0 fully saturated rings. The molecule has 0 saturated heterocycles. The van der Waals surface area contributed by atoms with E-state index in [1.807, 2.05) is 0 Å². The Morgan fingerprint density at radius 2 is 1.79 bits per heavy atom. The number of Topliss-reactive ketones (excluding diaryl/α,β-unsaturated/α-hetero) is 1. The van der Waals surface area contributed by atoms with Gasteiger partial charge in [0.2, 0.25) is 5.78 Å². The lowest BCUT2D eigenvalue weighted by atomic mass is 9.93. The van der Waals surface area contributed by atoms with Crippen LogP contribution in [0.2, 0.25) is 0 Å². The second-order valence-electron chi connectivity index (χ2n) is 2.97. The summed E-state index contributed by atoms with van der Waals surface area (Å²) in [5.41, 5.74) is 6.92. The molecule has 3 nitrogen and oxygen atoms in total. The van der Waals surface area contributed by atoms with E-state index in [1.54, 1.807) is 24.3 Å². The van der Waals surface area contributed by atoms with Gasteiger partial charge in [-0.1, -0.05) is 36.5 Å². The van der Waals surface area contributed by atoms with Gasteiger partial charge in [0.05, 0.1) is 10.6 Å². The van der Waals surface area contributed by atoms with Gasteiger partial charge in [0.15, 0.2) is 5.76 Å². The van der Waals surface area contributed by atoms with Crippen molar-refractivity contribution >= 4 is 28.6 Å². The summed E-state index contributed by atoms with van der Waals surface area (Å²) in [6, 6.07) is 6.99. The first-order valence-electron chi connectivity index (χ1n) is 4.00. The van der Waals surface area contributed by atoms with E-state index in [2.05, 4.69) is 0 Å². The summed E-state index contributed by atoms with van der Waals surface area (Å²) in [4.78, 5) is 11.5. The number of fused-ring (bicyclic) bond motifs is 1. The van der Waals surface area contributed by atoms with E-state index in [0.717, 1.165) is 0 Å². The van der Waals surface area contributed by atoms with Crippen LogP contribution in [0.4, 0.5) is 0 Å². The van der Waals surface area contributed by atoms with Gasteiger partial charge in [-0.25, -0.2) is 0 Å². The van der Waals surface area contributed by atoms with Crippen molar-refractivity contribution in [3.8, 4) is 0 Å². The molecular formula is C10H7NO2S. The molecule has 0 amide bonds. The molecule has 14 heavy (non-hydrogen) atoms. The van der Waals surface area contributed by atoms with Crippen LogP contribution in [0.25, 0.3) is 5.70 Å². The number of hydrogen-bond donors (Lipinski definition) is 2. The van der Waals surface area contributed by atoms with Crippen molar-refractivity contribution < 1.29 is 9.90 Å². The Hall–Kier alpha value is -1.68. The number of nitrogens with two attached hydrogens (primary N) is 1. The minimum atomic E-state index is -0.573. The molecular weight excluding hydrogens is 198 g/mol. The fraction of sp³-hybridized carbons (Fsp3) is 0. The second kappa shape index (κ2) is 2.92. The second-order valence-corrected chi connectivity index (χ2v) is 3.37. The van der Waals surface area contributed by atoms with E-state index in [-0.39, 0.29) is 10.6 Å². The molecule has 0 saturated carbocycles. The topological polar surface area (TPSA) is 63.3 Å². The van der Waals surface area contributed by atoms with Crippen molar-refractivity contribution in [3.63, 3.8) is 0 Å². The van der Waals surface area contributed by atoms with Crippen LogP contribution in [0, 0.1) is 0 Å². The molecule has 1 aliphatic rings. The van der Waals surface area contributed by atoms with Crippen LogP contribution in [0.15, 0.2) is 30.0 Å². The first-order chi connectivity index (χ1) is 6.63. The van der Waals surface area contributed by atoms with Gasteiger partial charge in [0, 0.05) is 11.1 Å². The van der Waals surface area contributed by atoms with Crippen LogP contribution in [0.3, 0.4) is 0 Å². The number of carbonyl (C=O) groups excluding carboxylic acids is 1. The smallest absolute Gasteiger partial charge is 0.240 e. The lowest BCUT2D eigenvalue weighted by molar-refractivity contribution is -0.111. The molecule has 0 spiro atoms. The highest BCUT2D eigenvalue weighted by Gasteiger charge is 2.27. The number of allylic oxidation sites excluding steroid dienone is 1. The minimum Gasteiger partial charge on any atom is -0.503 e. The molecule has 3 N–H and O–H groups in total. The van der Waals surface area contributed by atoms with Crippen LogP contribution in [0.5, 0.6) is 0 Å². The highest BCUT2D eigenvalue weighted by molar-refractivity contribution is 7.82. The predicted molar refractivity (Wildman–Crippen MR) is 56.9 cm³/mol. The zero-order valence-electron chi connectivity index (χ0n) is 7.15. The van der Waals surface area contributed by atoms with E-state index in [9.17, 15) is 9.90 Å². The molecule has 1 aliphatic carbocycles. The Morgan fingerprint density at radius 1 is 1.21 bits per heavy atom. The summed E-state index contributed by atoms with van der Waals surface area (Å²) in [7, 11) is 0. The van der Waals surface area contributed by atoms with Crippen molar-refractivity contribution in [2.75, 3.05) is 0 Å². The van der Waals surface area contributed by atoms with Gasteiger partial charge in [-0.3, -0.25) is 4.79 Å². The Kier molecular flexibility index (Phi) is 1.86. The van der Waals surface area contributed by atoms with E-state index < -0.39 is 11.5 Å². The summed E-state index contributed by atoms with van der Waals surface area (Å²) >= 11 is 4.91. The lowest BCUT2D eigenvalue weighted by Crippen LogP contribution is -2.25. The van der Waals surface area contributed by atoms with E-state index in [1.165, 1.54) is 0 Å². The summed E-state index contributed by atoms with van der Waals surface area (Å²) in [6.45, 7) is 0. The molecule has 1 aromatic carbocycles. The zero-order chi connectivity index (χ0) is 10.3. The number of aliphatic hydroxyl groups is 1. The van der Waals surface area contributed by atoms with Gasteiger partial charge in [-0.05, 0) is 0 Å². The number of aliphatic hydroxyl groups excluding tert-OH is 1. The third-order valence-corrected chi connectivity index (χ3v) is 2.54. The fourth-order valence-electron chi connectivity index (χ4n) is 1.40. The fourth-order valence-corrected chi connectivity index (χ4v) is 1.67. The van der Waals surface area contributed by atoms with Gasteiger partial charge < -0.3 is 10.8 Å². The van der Waals surface area contributed by atoms with E-state index in [4.69, 9.17) is 18.0 Å². The van der Waals surface area contributed by atoms with Gasteiger partial charge in [0.25, 0.3) is 0 Å². The zero-order valence-corrected chi connectivity index (χ0v) is 7.97. The van der Waals surface area contributed by atoms with Crippen molar-refractivity contribution in [2.24, 2.45) is 5.73 Å². The highest BCUT2D eigenvalue weighted by Crippen LogP contribution is 2.24. The maximum absolute atomic E-state index is 11.4. The van der Waals surface area contributed by atoms with Crippen LogP contribution in [-0.2, 0) is 4.79 Å². The number of hydrogen-bond acceptors (Lipinski definition) is 4. The summed E-state index contributed by atoms with van der Waals surface area (Å²) < 4.78 is 0. The maximum atomic E-state index is 11.4. The number of rotatable bonds is 0. The normalized spacial score (nSPS) is 15.7. The third kappa shape index (κ3) is 1.04. The Morgan fingerprint density at radius 3 is 2.43 bits per heavy atom. The predicted octanol–water partition coefficient (Wildman–Crippen LogP) is 1.17. The van der Waals surface area contributed by atoms with Crippen LogP contribution in [-0.4, -0.2) is 15.8 Å².